The number of methoxy groups -OCH3 is 1. The van der Waals surface area contributed by atoms with Gasteiger partial charge in [0.15, 0.2) is 6.04 Å². The molecule has 2 aromatic rings. The molecule has 21 heavy (non-hydrogen) atoms. The van der Waals surface area contributed by atoms with E-state index in [2.05, 4.69) is 21.2 Å². The summed E-state index contributed by atoms with van der Waals surface area (Å²) in [7, 11) is 1.34. The van der Waals surface area contributed by atoms with Crippen LogP contribution in [0.25, 0.3) is 0 Å². The highest BCUT2D eigenvalue weighted by Crippen LogP contribution is 2.30. The van der Waals surface area contributed by atoms with Gasteiger partial charge in [0, 0.05) is 4.47 Å². The molecule has 110 valence electrons. The minimum absolute atomic E-state index is 0.423. The van der Waals surface area contributed by atoms with Gasteiger partial charge in [0.05, 0.1) is 22.8 Å². The molecule has 0 fully saturated rings. The van der Waals surface area contributed by atoms with Gasteiger partial charge in [-0.05, 0) is 45.8 Å². The van der Waals surface area contributed by atoms with Crippen molar-refractivity contribution in [2.75, 3.05) is 12.4 Å². The van der Waals surface area contributed by atoms with Crippen molar-refractivity contribution in [3.63, 3.8) is 0 Å². The summed E-state index contributed by atoms with van der Waals surface area (Å²) in [6, 6.07) is 11.8. The smallest absolute Gasteiger partial charge is 0.332 e. The van der Waals surface area contributed by atoms with Crippen LogP contribution < -0.4 is 5.32 Å². The van der Waals surface area contributed by atoms with E-state index in [0.29, 0.717) is 21.3 Å². The van der Waals surface area contributed by atoms with Crippen molar-refractivity contribution in [2.45, 2.75) is 6.04 Å². The molecular weight excluding hydrogens is 377 g/mol. The molecule has 0 heterocycles. The highest BCUT2D eigenvalue weighted by molar-refractivity contribution is 9.10. The first-order valence-electron chi connectivity index (χ1n) is 6.06. The Morgan fingerprint density at radius 1 is 1.19 bits per heavy atom. The van der Waals surface area contributed by atoms with Crippen molar-refractivity contribution in [1.29, 1.82) is 0 Å². The molecule has 0 amide bonds. The van der Waals surface area contributed by atoms with E-state index in [0.717, 1.165) is 4.47 Å². The first-order chi connectivity index (χ1) is 10.0. The zero-order valence-electron chi connectivity index (χ0n) is 11.1. The van der Waals surface area contributed by atoms with Crippen LogP contribution in [0.15, 0.2) is 46.9 Å². The number of nitrogens with one attached hydrogen (secondary N) is 1. The number of benzene rings is 2. The monoisotopic (exact) mass is 387 g/mol. The van der Waals surface area contributed by atoms with Gasteiger partial charge in [0.1, 0.15) is 0 Å². The predicted octanol–water partition coefficient (Wildman–Crippen LogP) is 5.08. The molecule has 0 bridgehead atoms. The molecule has 1 unspecified atom stereocenters. The van der Waals surface area contributed by atoms with Gasteiger partial charge in [0.25, 0.3) is 0 Å². The van der Waals surface area contributed by atoms with Crippen LogP contribution in [0, 0.1) is 0 Å². The summed E-state index contributed by atoms with van der Waals surface area (Å²) >= 11 is 15.5. The second-order valence-corrected chi connectivity index (χ2v) is 5.92. The van der Waals surface area contributed by atoms with Crippen LogP contribution in [-0.2, 0) is 9.53 Å². The normalized spacial score (nSPS) is 11.8. The summed E-state index contributed by atoms with van der Waals surface area (Å²) in [5.41, 5.74) is 1.34. The lowest BCUT2D eigenvalue weighted by Crippen LogP contribution is -2.22. The minimum atomic E-state index is -0.694. The van der Waals surface area contributed by atoms with E-state index in [9.17, 15) is 4.79 Å². The summed E-state index contributed by atoms with van der Waals surface area (Å²) in [5, 5.41) is 4.12. The summed E-state index contributed by atoms with van der Waals surface area (Å²) in [6.07, 6.45) is 0. The van der Waals surface area contributed by atoms with Crippen molar-refractivity contribution in [3.8, 4) is 0 Å². The summed E-state index contributed by atoms with van der Waals surface area (Å²) in [4.78, 5) is 12.0. The van der Waals surface area contributed by atoms with Crippen LogP contribution in [0.3, 0.4) is 0 Å². The van der Waals surface area contributed by atoms with Gasteiger partial charge in [-0.15, -0.1) is 0 Å². The molecule has 2 rings (SSSR count). The molecule has 1 N–H and O–H groups in total. The number of hydrogen-bond acceptors (Lipinski definition) is 3. The van der Waals surface area contributed by atoms with Crippen molar-refractivity contribution in [2.24, 2.45) is 0 Å². The number of carbonyl (C=O) groups is 1. The Hall–Kier alpha value is -1.23. The number of ether oxygens (including phenoxy) is 1. The number of carbonyl (C=O) groups excluding carboxylic acids is 1. The summed E-state index contributed by atoms with van der Waals surface area (Å²) < 4.78 is 5.61. The lowest BCUT2D eigenvalue weighted by molar-refractivity contribution is -0.141. The first-order valence-corrected chi connectivity index (χ1v) is 7.61. The van der Waals surface area contributed by atoms with Crippen LogP contribution in [-0.4, -0.2) is 13.1 Å². The van der Waals surface area contributed by atoms with Gasteiger partial charge in [-0.1, -0.05) is 41.4 Å². The quantitative estimate of drug-likeness (QED) is 0.742. The Balaban J connectivity index is 2.37. The van der Waals surface area contributed by atoms with Crippen molar-refractivity contribution < 1.29 is 9.53 Å². The van der Waals surface area contributed by atoms with Crippen molar-refractivity contribution >= 4 is 50.8 Å². The van der Waals surface area contributed by atoms with Gasteiger partial charge in [-0.3, -0.25) is 0 Å². The second-order valence-electron chi connectivity index (χ2n) is 4.25. The molecule has 0 aliphatic rings. The molecule has 3 nitrogen and oxygen atoms in total. The van der Waals surface area contributed by atoms with E-state index >= 15 is 0 Å². The molecule has 0 saturated heterocycles. The Morgan fingerprint density at radius 2 is 1.90 bits per heavy atom. The number of rotatable bonds is 4. The molecule has 0 saturated carbocycles. The van der Waals surface area contributed by atoms with Crippen LogP contribution in [0.2, 0.25) is 10.0 Å². The SMILES string of the molecule is COC(=O)C(Nc1ccccc1Cl)c1ccc(Br)c(Cl)c1. The second kappa shape index (κ2) is 7.16. The standard InChI is InChI=1S/C15H12BrCl2NO2/c1-21-15(20)14(9-6-7-10(16)12(18)8-9)19-13-5-3-2-4-11(13)17/h2-8,14,19H,1H3. The first kappa shape index (κ1) is 16.1. The number of esters is 1. The summed E-state index contributed by atoms with van der Waals surface area (Å²) in [5.74, 6) is -0.423. The van der Waals surface area contributed by atoms with Gasteiger partial charge in [0.2, 0.25) is 0 Å². The lowest BCUT2D eigenvalue weighted by Gasteiger charge is -2.19. The number of para-hydroxylation sites is 1. The molecule has 6 heteroatoms. The third-order valence-electron chi connectivity index (χ3n) is 2.89. The number of halogens is 3. The Bertz CT molecular complexity index is 664. The third kappa shape index (κ3) is 3.90. The number of anilines is 1. The maximum absolute atomic E-state index is 12.0. The van der Waals surface area contributed by atoms with Crippen molar-refractivity contribution in [1.82, 2.24) is 0 Å². The fraction of sp³-hybridized carbons (Fsp3) is 0.133. The largest absolute Gasteiger partial charge is 0.467 e. The molecule has 0 aromatic heterocycles. The lowest BCUT2D eigenvalue weighted by atomic mass is 10.1. The third-order valence-corrected chi connectivity index (χ3v) is 4.45. The highest BCUT2D eigenvalue weighted by Gasteiger charge is 2.22. The van der Waals surface area contributed by atoms with Crippen LogP contribution in [0.1, 0.15) is 11.6 Å². The maximum atomic E-state index is 12.0. The molecular formula is C15H12BrCl2NO2. The average Bonchev–Trinajstić information content (AvgIpc) is 2.48. The minimum Gasteiger partial charge on any atom is -0.467 e. The molecule has 0 radical (unpaired) electrons. The molecule has 1 atom stereocenters. The zero-order valence-corrected chi connectivity index (χ0v) is 14.2. The number of hydrogen-bond donors (Lipinski definition) is 1. The van der Waals surface area contributed by atoms with E-state index in [-0.39, 0.29) is 0 Å². The molecule has 2 aromatic carbocycles. The van der Waals surface area contributed by atoms with E-state index in [1.165, 1.54) is 7.11 Å². The maximum Gasteiger partial charge on any atom is 0.332 e. The van der Waals surface area contributed by atoms with Gasteiger partial charge in [-0.2, -0.15) is 0 Å². The van der Waals surface area contributed by atoms with Gasteiger partial charge < -0.3 is 10.1 Å². The fourth-order valence-corrected chi connectivity index (χ4v) is 2.45. The molecule has 0 aliphatic carbocycles. The highest BCUT2D eigenvalue weighted by atomic mass is 79.9. The fourth-order valence-electron chi connectivity index (χ4n) is 1.82. The molecule has 0 spiro atoms. The van der Waals surface area contributed by atoms with Crippen LogP contribution in [0.4, 0.5) is 5.69 Å². The van der Waals surface area contributed by atoms with E-state index in [1.54, 1.807) is 30.3 Å². The zero-order chi connectivity index (χ0) is 15.4. The van der Waals surface area contributed by atoms with Crippen LogP contribution >= 0.6 is 39.1 Å². The Morgan fingerprint density at radius 3 is 2.52 bits per heavy atom. The van der Waals surface area contributed by atoms with E-state index in [1.807, 2.05) is 12.1 Å². The summed E-state index contributed by atoms with van der Waals surface area (Å²) in [6.45, 7) is 0. The van der Waals surface area contributed by atoms with Gasteiger partial charge >= 0.3 is 5.97 Å². The topological polar surface area (TPSA) is 38.3 Å². The Kier molecular flexibility index (Phi) is 5.51. The average molecular weight is 389 g/mol. The molecule has 0 aliphatic heterocycles. The Labute approximate surface area is 141 Å². The predicted molar refractivity (Wildman–Crippen MR) is 89.0 cm³/mol. The van der Waals surface area contributed by atoms with Gasteiger partial charge in [-0.25, -0.2) is 4.79 Å². The van der Waals surface area contributed by atoms with Crippen LogP contribution in [0.5, 0.6) is 0 Å². The van der Waals surface area contributed by atoms with Crippen molar-refractivity contribution in [3.05, 3.63) is 62.5 Å². The van der Waals surface area contributed by atoms with E-state index < -0.39 is 12.0 Å². The van der Waals surface area contributed by atoms with E-state index in [4.69, 9.17) is 27.9 Å².